The zero-order valence-corrected chi connectivity index (χ0v) is 16.1. The topological polar surface area (TPSA) is 87.8 Å². The summed E-state index contributed by atoms with van der Waals surface area (Å²) in [5.41, 5.74) is 2.93. The van der Waals surface area contributed by atoms with Gasteiger partial charge in [0.1, 0.15) is 11.6 Å². The van der Waals surface area contributed by atoms with Crippen LogP contribution < -0.4 is 15.4 Å². The van der Waals surface area contributed by atoms with Crippen molar-refractivity contribution in [1.82, 2.24) is 20.2 Å². The van der Waals surface area contributed by atoms with Crippen LogP contribution in [-0.2, 0) is 0 Å². The summed E-state index contributed by atoms with van der Waals surface area (Å²) in [6.07, 6.45) is 2.46. The third-order valence-corrected chi connectivity index (χ3v) is 4.89. The molecule has 2 aromatic heterocycles. The number of benzene rings is 2. The number of rotatable bonds is 7. The highest BCUT2D eigenvalue weighted by atomic mass is 16.5. The molecule has 0 spiro atoms. The molecule has 0 bridgehead atoms. The van der Waals surface area contributed by atoms with Gasteiger partial charge in [-0.1, -0.05) is 12.1 Å². The first-order chi connectivity index (χ1) is 14.3. The second kappa shape index (κ2) is 7.43. The Morgan fingerprint density at radius 3 is 2.66 bits per heavy atom. The average molecular weight is 386 g/mol. The Bertz CT molecular complexity index is 1130. The predicted molar refractivity (Wildman–Crippen MR) is 114 cm³/mol. The zero-order valence-electron chi connectivity index (χ0n) is 16.1. The maximum atomic E-state index is 5.50. The molecule has 1 aliphatic rings. The smallest absolute Gasteiger partial charge is 0.229 e. The van der Waals surface area contributed by atoms with Crippen LogP contribution in [0, 0.1) is 0 Å². The number of para-hydroxylation sites is 1. The quantitative estimate of drug-likeness (QED) is 0.409. The molecule has 0 amide bonds. The number of H-pyrrole nitrogens is 1. The van der Waals surface area contributed by atoms with Gasteiger partial charge in [0.2, 0.25) is 5.95 Å². The number of anilines is 4. The van der Waals surface area contributed by atoms with Crippen molar-refractivity contribution in [1.29, 1.82) is 0 Å². The lowest BCUT2D eigenvalue weighted by atomic mass is 10.2. The van der Waals surface area contributed by atoms with Gasteiger partial charge >= 0.3 is 0 Å². The summed E-state index contributed by atoms with van der Waals surface area (Å²) in [7, 11) is 0. The first-order valence-corrected chi connectivity index (χ1v) is 9.87. The minimum absolute atomic E-state index is 0.522. The Hall–Kier alpha value is -3.61. The second-order valence-electron chi connectivity index (χ2n) is 7.10. The van der Waals surface area contributed by atoms with E-state index in [2.05, 4.69) is 31.9 Å². The molecule has 0 radical (unpaired) electrons. The van der Waals surface area contributed by atoms with Gasteiger partial charge in [-0.2, -0.15) is 10.1 Å². The van der Waals surface area contributed by atoms with E-state index in [1.54, 1.807) is 0 Å². The molecule has 3 N–H and O–H groups in total. The summed E-state index contributed by atoms with van der Waals surface area (Å²) >= 11 is 0. The molecule has 29 heavy (non-hydrogen) atoms. The van der Waals surface area contributed by atoms with Crippen LogP contribution in [0.4, 0.5) is 23.3 Å². The molecule has 5 rings (SSSR count). The van der Waals surface area contributed by atoms with Crippen LogP contribution in [0.1, 0.15) is 31.4 Å². The maximum absolute atomic E-state index is 5.50. The van der Waals surface area contributed by atoms with Crippen molar-refractivity contribution < 1.29 is 4.74 Å². The SMILES string of the molecule is CCOc1ccc(Nc2nc(Nc3cc(C4CC4)[nH]n3)c3ccccc3n2)cc1. The molecule has 1 aliphatic carbocycles. The molecule has 0 atom stereocenters. The minimum Gasteiger partial charge on any atom is -0.494 e. The molecule has 2 aromatic carbocycles. The monoisotopic (exact) mass is 386 g/mol. The Morgan fingerprint density at radius 2 is 1.86 bits per heavy atom. The number of ether oxygens (including phenoxy) is 1. The number of nitrogens with zero attached hydrogens (tertiary/aromatic N) is 3. The van der Waals surface area contributed by atoms with Gasteiger partial charge in [-0.25, -0.2) is 4.98 Å². The van der Waals surface area contributed by atoms with Crippen molar-refractivity contribution in [2.45, 2.75) is 25.7 Å². The molecule has 0 unspecified atom stereocenters. The Kier molecular flexibility index (Phi) is 4.48. The lowest BCUT2D eigenvalue weighted by Gasteiger charge is -2.11. The van der Waals surface area contributed by atoms with E-state index < -0.39 is 0 Å². The molecule has 1 saturated carbocycles. The van der Waals surface area contributed by atoms with Crippen molar-refractivity contribution in [3.05, 3.63) is 60.3 Å². The fourth-order valence-corrected chi connectivity index (χ4v) is 3.28. The van der Waals surface area contributed by atoms with E-state index in [-0.39, 0.29) is 0 Å². The van der Waals surface area contributed by atoms with E-state index >= 15 is 0 Å². The van der Waals surface area contributed by atoms with Gasteiger partial charge in [0, 0.05) is 28.8 Å². The Morgan fingerprint density at radius 1 is 1.03 bits per heavy atom. The molecular weight excluding hydrogens is 364 g/mol. The van der Waals surface area contributed by atoms with Gasteiger partial charge in [0.15, 0.2) is 5.82 Å². The van der Waals surface area contributed by atoms with E-state index in [0.717, 1.165) is 34.0 Å². The zero-order chi connectivity index (χ0) is 19.6. The molecule has 146 valence electrons. The number of hydrogen-bond acceptors (Lipinski definition) is 6. The van der Waals surface area contributed by atoms with Crippen LogP contribution in [-0.4, -0.2) is 26.8 Å². The normalized spacial score (nSPS) is 13.4. The summed E-state index contributed by atoms with van der Waals surface area (Å²) in [4.78, 5) is 9.35. The van der Waals surface area contributed by atoms with Crippen molar-refractivity contribution in [3.63, 3.8) is 0 Å². The van der Waals surface area contributed by atoms with Crippen LogP contribution in [0.5, 0.6) is 5.75 Å². The molecule has 7 nitrogen and oxygen atoms in total. The average Bonchev–Trinajstić information content (AvgIpc) is 3.49. The van der Waals surface area contributed by atoms with Crippen LogP contribution in [0.15, 0.2) is 54.6 Å². The van der Waals surface area contributed by atoms with E-state index in [9.17, 15) is 0 Å². The van der Waals surface area contributed by atoms with Crippen LogP contribution in [0.2, 0.25) is 0 Å². The third-order valence-electron chi connectivity index (χ3n) is 4.89. The fourth-order valence-electron chi connectivity index (χ4n) is 3.28. The van der Waals surface area contributed by atoms with Crippen LogP contribution in [0.3, 0.4) is 0 Å². The first kappa shape index (κ1) is 17.5. The number of aromatic nitrogens is 4. The predicted octanol–water partition coefficient (Wildman–Crippen LogP) is 5.12. The van der Waals surface area contributed by atoms with E-state index in [1.165, 1.54) is 18.5 Å². The van der Waals surface area contributed by atoms with Crippen molar-refractivity contribution >= 4 is 34.2 Å². The van der Waals surface area contributed by atoms with Crippen molar-refractivity contribution in [2.24, 2.45) is 0 Å². The molecular formula is C22H22N6O. The summed E-state index contributed by atoms with van der Waals surface area (Å²) in [6.45, 7) is 2.61. The van der Waals surface area contributed by atoms with Gasteiger partial charge in [-0.05, 0) is 56.2 Å². The number of aromatic amines is 1. The first-order valence-electron chi connectivity index (χ1n) is 9.87. The molecule has 2 heterocycles. The summed E-state index contributed by atoms with van der Waals surface area (Å²) in [6, 6.07) is 17.8. The highest BCUT2D eigenvalue weighted by Gasteiger charge is 2.25. The van der Waals surface area contributed by atoms with Gasteiger partial charge in [0.05, 0.1) is 12.1 Å². The van der Waals surface area contributed by atoms with Gasteiger partial charge in [-0.3, -0.25) is 5.10 Å². The highest BCUT2D eigenvalue weighted by Crippen LogP contribution is 2.39. The van der Waals surface area contributed by atoms with E-state index in [1.807, 2.05) is 55.5 Å². The summed E-state index contributed by atoms with van der Waals surface area (Å²) < 4.78 is 5.50. The molecule has 1 fully saturated rings. The lowest BCUT2D eigenvalue weighted by Crippen LogP contribution is -2.02. The second-order valence-corrected chi connectivity index (χ2v) is 7.10. The highest BCUT2D eigenvalue weighted by molar-refractivity contribution is 5.91. The number of nitrogens with one attached hydrogen (secondary N) is 3. The van der Waals surface area contributed by atoms with Crippen LogP contribution in [0.25, 0.3) is 10.9 Å². The van der Waals surface area contributed by atoms with E-state index in [0.29, 0.717) is 18.5 Å². The van der Waals surface area contributed by atoms with E-state index in [4.69, 9.17) is 9.72 Å². The summed E-state index contributed by atoms with van der Waals surface area (Å²) in [5.74, 6) is 3.47. The Balaban J connectivity index is 1.44. The van der Waals surface area contributed by atoms with Gasteiger partial charge in [0.25, 0.3) is 0 Å². The largest absolute Gasteiger partial charge is 0.494 e. The molecule has 7 heteroatoms. The third kappa shape index (κ3) is 3.85. The Labute approximate surface area is 168 Å². The van der Waals surface area contributed by atoms with Crippen molar-refractivity contribution in [3.8, 4) is 5.75 Å². The van der Waals surface area contributed by atoms with Gasteiger partial charge in [-0.15, -0.1) is 0 Å². The summed E-state index contributed by atoms with van der Waals surface area (Å²) in [5, 5.41) is 15.1. The van der Waals surface area contributed by atoms with Gasteiger partial charge < -0.3 is 15.4 Å². The molecule has 0 aliphatic heterocycles. The molecule has 4 aromatic rings. The fraction of sp³-hybridized carbons (Fsp3) is 0.227. The number of fused-ring (bicyclic) bond motifs is 1. The number of hydrogen-bond donors (Lipinski definition) is 3. The minimum atomic E-state index is 0.522. The lowest BCUT2D eigenvalue weighted by molar-refractivity contribution is 0.340. The maximum Gasteiger partial charge on any atom is 0.229 e. The van der Waals surface area contributed by atoms with Crippen LogP contribution >= 0.6 is 0 Å². The van der Waals surface area contributed by atoms with Crippen molar-refractivity contribution in [2.75, 3.05) is 17.2 Å². The molecule has 0 saturated heterocycles. The standard InChI is InChI=1S/C22H22N6O/c1-2-29-16-11-9-15(10-12-16)23-22-24-18-6-4-3-5-17(18)21(26-22)25-20-13-19(27-28-20)14-7-8-14/h3-6,9-14H,2,7-8H2,1H3,(H3,23,24,25,26,27,28).